The van der Waals surface area contributed by atoms with Gasteiger partial charge in [0.1, 0.15) is 0 Å². The van der Waals surface area contributed by atoms with Crippen LogP contribution in [0.5, 0.6) is 0 Å². The molecule has 5 nitrogen and oxygen atoms in total. The third-order valence-corrected chi connectivity index (χ3v) is 3.90. The Morgan fingerprint density at radius 3 is 2.76 bits per heavy atom. The number of hydrogen-bond acceptors (Lipinski definition) is 3. The summed E-state index contributed by atoms with van der Waals surface area (Å²) < 4.78 is 0. The molecule has 0 spiro atoms. The molecule has 3 aromatic rings. The van der Waals surface area contributed by atoms with Crippen molar-refractivity contribution >= 4 is 28.4 Å². The molecule has 1 heterocycles. The highest BCUT2D eigenvalue weighted by Crippen LogP contribution is 2.17. The summed E-state index contributed by atoms with van der Waals surface area (Å²) in [6, 6.07) is 16.6. The average Bonchev–Trinajstić information content (AvgIpc) is 2.62. The van der Waals surface area contributed by atoms with Crippen molar-refractivity contribution in [2.75, 3.05) is 5.32 Å². The van der Waals surface area contributed by atoms with Gasteiger partial charge in [0.15, 0.2) is 0 Å². The second-order valence-electron chi connectivity index (χ2n) is 5.66. The van der Waals surface area contributed by atoms with Crippen LogP contribution in [0, 0.1) is 6.42 Å². The summed E-state index contributed by atoms with van der Waals surface area (Å²) in [5, 5.41) is 3.85. The zero-order valence-electron chi connectivity index (χ0n) is 13.6. The second kappa shape index (κ2) is 7.57. The maximum atomic E-state index is 12.1. The van der Waals surface area contributed by atoms with Crippen LogP contribution in [0.3, 0.4) is 0 Å². The first-order chi connectivity index (χ1) is 12.1. The molecule has 0 saturated carbocycles. The molecule has 0 aliphatic heterocycles. The fraction of sp³-hybridized carbons (Fsp3) is 0.100. The molecule has 0 aliphatic rings. The van der Waals surface area contributed by atoms with E-state index in [4.69, 9.17) is 5.73 Å². The van der Waals surface area contributed by atoms with E-state index in [1.807, 2.05) is 42.5 Å². The largest absolute Gasteiger partial charge is 0.366 e. The highest BCUT2D eigenvalue weighted by Gasteiger charge is 2.09. The molecular formula is C20H18N3O2. The SMILES string of the molecule is NC(=O)c1ccccc1CC[CH]C(=O)Nc1ccc2cccnc2c1. The third-order valence-electron chi connectivity index (χ3n) is 3.90. The van der Waals surface area contributed by atoms with Gasteiger partial charge in [-0.2, -0.15) is 0 Å². The van der Waals surface area contributed by atoms with E-state index in [1.165, 1.54) is 0 Å². The van der Waals surface area contributed by atoms with Crippen molar-refractivity contribution in [2.45, 2.75) is 12.8 Å². The number of nitrogens with zero attached hydrogens (tertiary/aromatic N) is 1. The van der Waals surface area contributed by atoms with E-state index in [2.05, 4.69) is 10.3 Å². The lowest BCUT2D eigenvalue weighted by molar-refractivity contribution is -0.113. The molecular weight excluding hydrogens is 314 g/mol. The van der Waals surface area contributed by atoms with Crippen LogP contribution >= 0.6 is 0 Å². The van der Waals surface area contributed by atoms with Crippen molar-refractivity contribution in [1.82, 2.24) is 4.98 Å². The summed E-state index contributed by atoms with van der Waals surface area (Å²) >= 11 is 0. The normalized spacial score (nSPS) is 10.6. The molecule has 3 rings (SSSR count). The predicted molar refractivity (Wildman–Crippen MR) is 98.0 cm³/mol. The fourth-order valence-electron chi connectivity index (χ4n) is 2.67. The molecule has 0 aliphatic carbocycles. The van der Waals surface area contributed by atoms with E-state index < -0.39 is 5.91 Å². The molecule has 5 heteroatoms. The molecule has 0 saturated heterocycles. The van der Waals surface area contributed by atoms with Gasteiger partial charge in [-0.05, 0) is 42.7 Å². The molecule has 2 amide bonds. The minimum Gasteiger partial charge on any atom is -0.366 e. The third kappa shape index (κ3) is 4.20. The van der Waals surface area contributed by atoms with Gasteiger partial charge in [0.05, 0.1) is 11.9 Å². The number of primary amides is 1. The number of benzene rings is 2. The van der Waals surface area contributed by atoms with Gasteiger partial charge in [-0.25, -0.2) is 0 Å². The number of amides is 2. The van der Waals surface area contributed by atoms with E-state index in [9.17, 15) is 9.59 Å². The number of pyridine rings is 1. The van der Waals surface area contributed by atoms with Crippen LogP contribution in [0.2, 0.25) is 0 Å². The lowest BCUT2D eigenvalue weighted by Crippen LogP contribution is -2.15. The maximum Gasteiger partial charge on any atom is 0.248 e. The minimum absolute atomic E-state index is 0.188. The Morgan fingerprint density at radius 2 is 1.92 bits per heavy atom. The molecule has 0 bridgehead atoms. The van der Waals surface area contributed by atoms with Crippen LogP contribution in [0.15, 0.2) is 60.8 Å². The van der Waals surface area contributed by atoms with Crippen LogP contribution in [0.4, 0.5) is 5.69 Å². The summed E-state index contributed by atoms with van der Waals surface area (Å²) in [6.45, 7) is 0. The lowest BCUT2D eigenvalue weighted by atomic mass is 10.0. The van der Waals surface area contributed by atoms with Crippen molar-refractivity contribution in [3.8, 4) is 0 Å². The van der Waals surface area contributed by atoms with Crippen LogP contribution in [0.1, 0.15) is 22.3 Å². The summed E-state index contributed by atoms with van der Waals surface area (Å²) in [6.07, 6.45) is 4.38. The maximum absolute atomic E-state index is 12.1. The summed E-state index contributed by atoms with van der Waals surface area (Å²) in [7, 11) is 0. The van der Waals surface area contributed by atoms with E-state index in [0.717, 1.165) is 16.5 Å². The molecule has 3 N–H and O–H groups in total. The van der Waals surface area contributed by atoms with Crippen LogP contribution < -0.4 is 11.1 Å². The standard InChI is InChI=1S/C20H18N3O2/c21-20(25)17-8-2-1-5-14(17)6-3-9-19(24)23-16-11-10-15-7-4-12-22-18(15)13-16/h1-2,4-5,7-13H,3,6H2,(H2,21,25)(H,23,24). The average molecular weight is 332 g/mol. The van der Waals surface area contributed by atoms with Gasteiger partial charge >= 0.3 is 0 Å². The van der Waals surface area contributed by atoms with Gasteiger partial charge in [-0.15, -0.1) is 0 Å². The first kappa shape index (κ1) is 16.6. The monoisotopic (exact) mass is 332 g/mol. The van der Waals surface area contributed by atoms with E-state index in [1.54, 1.807) is 24.8 Å². The predicted octanol–water partition coefficient (Wildman–Crippen LogP) is 3.11. The minimum atomic E-state index is -0.455. The Hall–Kier alpha value is -3.21. The van der Waals surface area contributed by atoms with Gasteiger partial charge in [0.2, 0.25) is 11.8 Å². The Balaban J connectivity index is 1.57. The Kier molecular flexibility index (Phi) is 5.04. The molecule has 1 radical (unpaired) electrons. The Labute approximate surface area is 145 Å². The topological polar surface area (TPSA) is 85.1 Å². The zero-order valence-corrected chi connectivity index (χ0v) is 13.6. The first-order valence-electron chi connectivity index (χ1n) is 8.00. The second-order valence-corrected chi connectivity index (χ2v) is 5.66. The van der Waals surface area contributed by atoms with Crippen molar-refractivity contribution in [3.05, 3.63) is 78.3 Å². The number of nitrogens with one attached hydrogen (secondary N) is 1. The number of rotatable bonds is 6. The van der Waals surface area contributed by atoms with E-state index in [-0.39, 0.29) is 5.91 Å². The number of aryl methyl sites for hydroxylation is 1. The Morgan fingerprint density at radius 1 is 1.08 bits per heavy atom. The molecule has 2 aromatic carbocycles. The number of carbonyl (C=O) groups is 2. The lowest BCUT2D eigenvalue weighted by Gasteiger charge is -2.08. The number of nitrogens with two attached hydrogens (primary N) is 1. The van der Waals surface area contributed by atoms with Gasteiger partial charge in [-0.3, -0.25) is 14.6 Å². The van der Waals surface area contributed by atoms with Gasteiger partial charge in [-0.1, -0.05) is 30.3 Å². The summed E-state index contributed by atoms with van der Waals surface area (Å²) in [4.78, 5) is 27.7. The van der Waals surface area contributed by atoms with Crippen molar-refractivity contribution < 1.29 is 9.59 Å². The highest BCUT2D eigenvalue weighted by atomic mass is 16.1. The van der Waals surface area contributed by atoms with E-state index in [0.29, 0.717) is 24.1 Å². The molecule has 125 valence electrons. The van der Waals surface area contributed by atoms with Gasteiger partial charge < -0.3 is 11.1 Å². The Bertz CT molecular complexity index is 921. The van der Waals surface area contributed by atoms with Crippen molar-refractivity contribution in [3.63, 3.8) is 0 Å². The highest BCUT2D eigenvalue weighted by molar-refractivity contribution is 5.98. The number of hydrogen-bond donors (Lipinski definition) is 2. The summed E-state index contributed by atoms with van der Waals surface area (Å²) in [5.74, 6) is -0.643. The number of fused-ring (bicyclic) bond motifs is 1. The van der Waals surface area contributed by atoms with Crippen molar-refractivity contribution in [2.24, 2.45) is 5.73 Å². The first-order valence-corrected chi connectivity index (χ1v) is 8.00. The molecule has 0 atom stereocenters. The molecule has 25 heavy (non-hydrogen) atoms. The zero-order chi connectivity index (χ0) is 17.6. The number of carbonyl (C=O) groups excluding carboxylic acids is 2. The van der Waals surface area contributed by atoms with Crippen LogP contribution in [-0.4, -0.2) is 16.8 Å². The van der Waals surface area contributed by atoms with E-state index >= 15 is 0 Å². The smallest absolute Gasteiger partial charge is 0.248 e. The number of aromatic nitrogens is 1. The molecule has 1 aromatic heterocycles. The fourth-order valence-corrected chi connectivity index (χ4v) is 2.67. The molecule has 0 fully saturated rings. The summed E-state index contributed by atoms with van der Waals surface area (Å²) in [5.41, 5.74) is 8.23. The van der Waals surface area contributed by atoms with Crippen molar-refractivity contribution in [1.29, 1.82) is 0 Å². The quantitative estimate of drug-likeness (QED) is 0.727. The van der Waals surface area contributed by atoms with Gasteiger partial charge in [0, 0.05) is 22.8 Å². The number of anilines is 1. The van der Waals surface area contributed by atoms with Crippen LogP contribution in [0.25, 0.3) is 10.9 Å². The molecule has 0 unspecified atom stereocenters. The van der Waals surface area contributed by atoms with Crippen LogP contribution in [-0.2, 0) is 11.2 Å². The van der Waals surface area contributed by atoms with Gasteiger partial charge in [0.25, 0.3) is 0 Å².